The lowest BCUT2D eigenvalue weighted by molar-refractivity contribution is -0.112. The molecule has 0 heterocycles. The summed E-state index contributed by atoms with van der Waals surface area (Å²) in [5.74, 6) is 0.435. The second-order valence-electron chi connectivity index (χ2n) is 2.51. The third-order valence-electron chi connectivity index (χ3n) is 1.64. The van der Waals surface area contributed by atoms with Crippen molar-refractivity contribution < 1.29 is 13.9 Å². The Bertz CT molecular complexity index is 286. The van der Waals surface area contributed by atoms with Gasteiger partial charge in [-0.1, -0.05) is 18.2 Å². The molecule has 0 aliphatic rings. The molecule has 0 aromatic heterocycles. The number of carbonyl (C=O) groups excluding carboxylic acids is 1. The van der Waals surface area contributed by atoms with Crippen molar-refractivity contribution in [3.63, 3.8) is 0 Å². The quantitative estimate of drug-likeness (QED) is 0.668. The van der Waals surface area contributed by atoms with Gasteiger partial charge < -0.3 is 4.74 Å². The van der Waals surface area contributed by atoms with Crippen LogP contribution in [0.25, 0.3) is 0 Å². The highest BCUT2D eigenvalue weighted by atomic mass is 19.1. The normalized spacial score (nSPS) is 12.2. The van der Waals surface area contributed by atoms with Gasteiger partial charge in [-0.15, -0.1) is 0 Å². The molecule has 0 fully saturated rings. The number of para-hydroxylation sites is 1. The summed E-state index contributed by atoms with van der Waals surface area (Å²) in [6.07, 6.45) is -1.33. The van der Waals surface area contributed by atoms with Crippen LogP contribution in [0.5, 0.6) is 5.75 Å². The predicted octanol–water partition coefficient (Wildman–Crippen LogP) is 2.29. The SMILES string of the molecule is CCOc1ccccc1C(F)C=O. The minimum absolute atomic E-state index is 0.262. The van der Waals surface area contributed by atoms with Gasteiger partial charge in [-0.05, 0) is 13.0 Å². The Kier molecular flexibility index (Phi) is 3.43. The van der Waals surface area contributed by atoms with Crippen LogP contribution in [-0.2, 0) is 4.79 Å². The summed E-state index contributed by atoms with van der Waals surface area (Å²) >= 11 is 0. The van der Waals surface area contributed by atoms with Gasteiger partial charge in [-0.25, -0.2) is 4.39 Å². The lowest BCUT2D eigenvalue weighted by Crippen LogP contribution is -1.99. The Morgan fingerprint density at radius 2 is 2.23 bits per heavy atom. The summed E-state index contributed by atoms with van der Waals surface area (Å²) in [6.45, 7) is 2.27. The number of alkyl halides is 1. The molecule has 0 amide bonds. The molecule has 0 saturated carbocycles. The highest BCUT2D eigenvalue weighted by Crippen LogP contribution is 2.25. The topological polar surface area (TPSA) is 26.3 Å². The molecule has 1 atom stereocenters. The first-order valence-corrected chi connectivity index (χ1v) is 4.10. The highest BCUT2D eigenvalue weighted by molar-refractivity contribution is 5.62. The van der Waals surface area contributed by atoms with E-state index in [0.29, 0.717) is 17.9 Å². The summed E-state index contributed by atoms with van der Waals surface area (Å²) in [7, 11) is 0. The van der Waals surface area contributed by atoms with Gasteiger partial charge in [0.05, 0.1) is 6.61 Å². The number of carbonyl (C=O) groups is 1. The van der Waals surface area contributed by atoms with Gasteiger partial charge >= 0.3 is 0 Å². The monoisotopic (exact) mass is 182 g/mol. The molecule has 0 spiro atoms. The molecule has 0 aliphatic carbocycles. The molecule has 1 rings (SSSR count). The van der Waals surface area contributed by atoms with Gasteiger partial charge in [0.25, 0.3) is 0 Å². The summed E-state index contributed by atoms with van der Waals surface area (Å²) in [5.41, 5.74) is 0.291. The molecule has 3 heteroatoms. The Morgan fingerprint density at radius 3 is 2.85 bits per heavy atom. The third kappa shape index (κ3) is 2.28. The first kappa shape index (κ1) is 9.71. The molecule has 1 aromatic carbocycles. The largest absolute Gasteiger partial charge is 0.493 e. The highest BCUT2D eigenvalue weighted by Gasteiger charge is 2.12. The minimum Gasteiger partial charge on any atom is -0.493 e. The van der Waals surface area contributed by atoms with Crippen molar-refractivity contribution in [3.8, 4) is 5.75 Å². The Balaban J connectivity index is 2.96. The zero-order chi connectivity index (χ0) is 9.68. The van der Waals surface area contributed by atoms with Crippen LogP contribution in [0.4, 0.5) is 4.39 Å². The van der Waals surface area contributed by atoms with Crippen LogP contribution in [0.3, 0.4) is 0 Å². The minimum atomic E-state index is -1.59. The third-order valence-corrected chi connectivity index (χ3v) is 1.64. The van der Waals surface area contributed by atoms with Gasteiger partial charge in [-0.3, -0.25) is 4.79 Å². The Labute approximate surface area is 76.3 Å². The average molecular weight is 182 g/mol. The molecule has 0 N–H and O–H groups in total. The van der Waals surface area contributed by atoms with E-state index in [1.165, 1.54) is 0 Å². The van der Waals surface area contributed by atoms with Crippen molar-refractivity contribution in [2.75, 3.05) is 6.61 Å². The van der Waals surface area contributed by atoms with Gasteiger partial charge in [0.2, 0.25) is 0 Å². The fraction of sp³-hybridized carbons (Fsp3) is 0.300. The predicted molar refractivity (Wildman–Crippen MR) is 47.5 cm³/mol. The van der Waals surface area contributed by atoms with Gasteiger partial charge in [0.15, 0.2) is 12.5 Å². The number of hydrogen-bond donors (Lipinski definition) is 0. The zero-order valence-corrected chi connectivity index (χ0v) is 7.37. The van der Waals surface area contributed by atoms with E-state index in [-0.39, 0.29) is 6.29 Å². The molecule has 0 saturated heterocycles. The number of halogens is 1. The molecular weight excluding hydrogens is 171 g/mol. The van der Waals surface area contributed by atoms with Crippen LogP contribution in [0.2, 0.25) is 0 Å². The number of ether oxygens (including phenoxy) is 1. The van der Waals surface area contributed by atoms with Gasteiger partial charge in [0, 0.05) is 5.56 Å². The van der Waals surface area contributed by atoms with Crippen LogP contribution < -0.4 is 4.74 Å². The summed E-state index contributed by atoms with van der Waals surface area (Å²) < 4.78 is 18.2. The molecule has 0 aliphatic heterocycles. The van der Waals surface area contributed by atoms with Crippen LogP contribution in [-0.4, -0.2) is 12.9 Å². The van der Waals surface area contributed by atoms with Gasteiger partial charge in [0.1, 0.15) is 5.75 Å². The number of hydrogen-bond acceptors (Lipinski definition) is 2. The van der Waals surface area contributed by atoms with E-state index < -0.39 is 6.17 Å². The van der Waals surface area contributed by atoms with E-state index in [0.717, 1.165) is 0 Å². The second kappa shape index (κ2) is 4.60. The molecule has 2 nitrogen and oxygen atoms in total. The van der Waals surface area contributed by atoms with Crippen LogP contribution in [0.15, 0.2) is 24.3 Å². The molecule has 1 unspecified atom stereocenters. The number of aldehydes is 1. The van der Waals surface area contributed by atoms with Gasteiger partial charge in [-0.2, -0.15) is 0 Å². The summed E-state index contributed by atoms with van der Waals surface area (Å²) in [4.78, 5) is 10.2. The maximum atomic E-state index is 13.0. The molecule has 13 heavy (non-hydrogen) atoms. The van der Waals surface area contributed by atoms with Crippen LogP contribution in [0, 0.1) is 0 Å². The van der Waals surface area contributed by atoms with E-state index in [2.05, 4.69) is 0 Å². The van der Waals surface area contributed by atoms with Crippen molar-refractivity contribution in [2.45, 2.75) is 13.1 Å². The van der Waals surface area contributed by atoms with Crippen molar-refractivity contribution >= 4 is 6.29 Å². The number of benzene rings is 1. The molecule has 1 aromatic rings. The average Bonchev–Trinajstić information content (AvgIpc) is 2.18. The smallest absolute Gasteiger partial charge is 0.184 e. The zero-order valence-electron chi connectivity index (χ0n) is 7.37. The van der Waals surface area contributed by atoms with E-state index in [1.54, 1.807) is 24.3 Å². The fourth-order valence-corrected chi connectivity index (χ4v) is 1.07. The standard InChI is InChI=1S/C10H11FO2/c1-2-13-10-6-4-3-5-8(10)9(11)7-12/h3-7,9H,2H2,1H3. The van der Waals surface area contributed by atoms with Crippen molar-refractivity contribution in [1.29, 1.82) is 0 Å². The summed E-state index contributed by atoms with van der Waals surface area (Å²) in [6, 6.07) is 6.61. The van der Waals surface area contributed by atoms with E-state index >= 15 is 0 Å². The van der Waals surface area contributed by atoms with Crippen LogP contribution >= 0.6 is 0 Å². The molecule has 0 bridgehead atoms. The van der Waals surface area contributed by atoms with Crippen LogP contribution in [0.1, 0.15) is 18.7 Å². The maximum Gasteiger partial charge on any atom is 0.184 e. The Morgan fingerprint density at radius 1 is 1.54 bits per heavy atom. The maximum absolute atomic E-state index is 13.0. The first-order chi connectivity index (χ1) is 6.29. The number of rotatable bonds is 4. The lowest BCUT2D eigenvalue weighted by atomic mass is 10.1. The van der Waals surface area contributed by atoms with Crippen molar-refractivity contribution in [2.24, 2.45) is 0 Å². The van der Waals surface area contributed by atoms with E-state index in [1.807, 2.05) is 6.92 Å². The molecule has 70 valence electrons. The fourth-order valence-electron chi connectivity index (χ4n) is 1.07. The molecular formula is C10H11FO2. The first-order valence-electron chi connectivity index (χ1n) is 4.10. The van der Waals surface area contributed by atoms with E-state index in [9.17, 15) is 9.18 Å². The Hall–Kier alpha value is -1.38. The lowest BCUT2D eigenvalue weighted by Gasteiger charge is -2.09. The van der Waals surface area contributed by atoms with Crippen molar-refractivity contribution in [3.05, 3.63) is 29.8 Å². The van der Waals surface area contributed by atoms with E-state index in [4.69, 9.17) is 4.74 Å². The van der Waals surface area contributed by atoms with Crippen molar-refractivity contribution in [1.82, 2.24) is 0 Å². The summed E-state index contributed by atoms with van der Waals surface area (Å²) in [5, 5.41) is 0. The molecule has 0 radical (unpaired) electrons. The second-order valence-corrected chi connectivity index (χ2v) is 2.51.